The minimum atomic E-state index is 0.884. The summed E-state index contributed by atoms with van der Waals surface area (Å²) in [4.78, 5) is 0. The van der Waals surface area contributed by atoms with E-state index in [-0.39, 0.29) is 0 Å². The van der Waals surface area contributed by atoms with Gasteiger partial charge in [-0.05, 0) is 31.1 Å². The predicted octanol–water partition coefficient (Wildman–Crippen LogP) is 2.96. The summed E-state index contributed by atoms with van der Waals surface area (Å²) in [5.41, 5.74) is 0. The molecule has 0 aromatic rings. The highest BCUT2D eigenvalue weighted by molar-refractivity contribution is 5.04. The van der Waals surface area contributed by atoms with Crippen LogP contribution in [0, 0.1) is 11.8 Å². The average Bonchev–Trinajstić information content (AvgIpc) is 2.37. The third-order valence-corrected chi connectivity index (χ3v) is 2.26. The molecule has 9 heavy (non-hydrogen) atoms. The van der Waals surface area contributed by atoms with E-state index < -0.39 is 0 Å². The van der Waals surface area contributed by atoms with E-state index in [0.717, 1.165) is 5.92 Å². The molecule has 0 atom stereocenters. The molecular weight excluding hydrogens is 108 g/mol. The van der Waals surface area contributed by atoms with Crippen LogP contribution in [0.4, 0.5) is 0 Å². The Kier molecular flexibility index (Phi) is 2.32. The molecule has 0 spiro atoms. The van der Waals surface area contributed by atoms with Gasteiger partial charge in [0.1, 0.15) is 0 Å². The van der Waals surface area contributed by atoms with Gasteiger partial charge < -0.3 is 0 Å². The van der Waals surface area contributed by atoms with Crippen molar-refractivity contribution in [3.8, 4) is 0 Å². The van der Waals surface area contributed by atoms with E-state index in [1.807, 2.05) is 0 Å². The van der Waals surface area contributed by atoms with E-state index in [1.165, 1.54) is 19.3 Å². The Bertz CT molecular complexity index is 94.6. The summed E-state index contributed by atoms with van der Waals surface area (Å²) in [6, 6.07) is 0. The molecule has 0 heterocycles. The van der Waals surface area contributed by atoms with Gasteiger partial charge in [-0.15, -0.1) is 0 Å². The highest BCUT2D eigenvalue weighted by Crippen LogP contribution is 2.29. The van der Waals surface area contributed by atoms with E-state index >= 15 is 0 Å². The van der Waals surface area contributed by atoms with E-state index in [1.54, 1.807) is 5.92 Å². The van der Waals surface area contributed by atoms with Gasteiger partial charge in [0.2, 0.25) is 0 Å². The van der Waals surface area contributed by atoms with Crippen molar-refractivity contribution in [1.29, 1.82) is 0 Å². The Balaban J connectivity index is 2.27. The lowest BCUT2D eigenvalue weighted by molar-refractivity contribution is 0.559. The summed E-state index contributed by atoms with van der Waals surface area (Å²) in [6.07, 6.45) is 8.43. The SMILES string of the molecule is CC[C](C)C1CC=CC1. The van der Waals surface area contributed by atoms with Gasteiger partial charge in [-0.25, -0.2) is 0 Å². The summed E-state index contributed by atoms with van der Waals surface area (Å²) in [7, 11) is 0. The molecule has 0 aliphatic heterocycles. The molecule has 0 unspecified atom stereocenters. The molecule has 0 bridgehead atoms. The van der Waals surface area contributed by atoms with E-state index in [2.05, 4.69) is 26.0 Å². The summed E-state index contributed by atoms with van der Waals surface area (Å²) < 4.78 is 0. The van der Waals surface area contributed by atoms with Crippen LogP contribution in [0.3, 0.4) is 0 Å². The quantitative estimate of drug-likeness (QED) is 0.495. The van der Waals surface area contributed by atoms with Crippen molar-refractivity contribution in [3.63, 3.8) is 0 Å². The second-order valence-electron chi connectivity index (χ2n) is 2.84. The molecule has 1 aliphatic carbocycles. The molecule has 1 aliphatic rings. The fourth-order valence-electron chi connectivity index (χ4n) is 1.31. The number of hydrogen-bond donors (Lipinski definition) is 0. The van der Waals surface area contributed by atoms with Crippen LogP contribution in [-0.2, 0) is 0 Å². The number of rotatable bonds is 2. The van der Waals surface area contributed by atoms with Crippen molar-refractivity contribution < 1.29 is 0 Å². The summed E-state index contributed by atoms with van der Waals surface area (Å²) in [6.45, 7) is 4.52. The molecule has 51 valence electrons. The van der Waals surface area contributed by atoms with Gasteiger partial charge in [0.05, 0.1) is 0 Å². The topological polar surface area (TPSA) is 0 Å². The largest absolute Gasteiger partial charge is 0.0882 e. The molecular formula is C9H15. The van der Waals surface area contributed by atoms with Crippen molar-refractivity contribution in [2.45, 2.75) is 33.1 Å². The first-order valence-corrected chi connectivity index (χ1v) is 3.82. The molecule has 0 amide bonds. The molecule has 0 saturated heterocycles. The molecule has 0 nitrogen and oxygen atoms in total. The van der Waals surface area contributed by atoms with Crippen LogP contribution in [-0.4, -0.2) is 0 Å². The van der Waals surface area contributed by atoms with Gasteiger partial charge in [0.25, 0.3) is 0 Å². The van der Waals surface area contributed by atoms with Crippen molar-refractivity contribution in [3.05, 3.63) is 18.1 Å². The van der Waals surface area contributed by atoms with Crippen LogP contribution in [0.5, 0.6) is 0 Å². The van der Waals surface area contributed by atoms with Gasteiger partial charge >= 0.3 is 0 Å². The predicted molar refractivity (Wildman–Crippen MR) is 41.1 cm³/mol. The second kappa shape index (κ2) is 3.05. The van der Waals surface area contributed by atoms with Crippen molar-refractivity contribution in [2.75, 3.05) is 0 Å². The Morgan fingerprint density at radius 3 is 2.44 bits per heavy atom. The van der Waals surface area contributed by atoms with E-state index in [4.69, 9.17) is 0 Å². The number of hydrogen-bond acceptors (Lipinski definition) is 0. The number of allylic oxidation sites excluding steroid dienone is 2. The molecule has 1 radical (unpaired) electrons. The highest BCUT2D eigenvalue weighted by atomic mass is 14.2. The maximum Gasteiger partial charge on any atom is -0.0238 e. The first kappa shape index (κ1) is 6.85. The first-order chi connectivity index (χ1) is 4.34. The third kappa shape index (κ3) is 1.57. The zero-order chi connectivity index (χ0) is 6.69. The molecule has 0 heteroatoms. The van der Waals surface area contributed by atoms with Gasteiger partial charge in [-0.2, -0.15) is 0 Å². The Hall–Kier alpha value is -0.260. The minimum absolute atomic E-state index is 0.884. The lowest BCUT2D eigenvalue weighted by atomic mass is 9.90. The molecule has 1 rings (SSSR count). The zero-order valence-electron chi connectivity index (χ0n) is 6.35. The fourth-order valence-corrected chi connectivity index (χ4v) is 1.31. The maximum absolute atomic E-state index is 2.30. The smallest absolute Gasteiger partial charge is 0.0238 e. The summed E-state index contributed by atoms with van der Waals surface area (Å²) in [5, 5.41) is 0. The van der Waals surface area contributed by atoms with Gasteiger partial charge in [-0.3, -0.25) is 0 Å². The Morgan fingerprint density at radius 1 is 1.44 bits per heavy atom. The second-order valence-corrected chi connectivity index (χ2v) is 2.84. The van der Waals surface area contributed by atoms with Crippen LogP contribution in [0.15, 0.2) is 12.2 Å². The van der Waals surface area contributed by atoms with E-state index in [0.29, 0.717) is 0 Å². The first-order valence-electron chi connectivity index (χ1n) is 3.82. The molecule has 0 fully saturated rings. The molecule has 0 N–H and O–H groups in total. The minimum Gasteiger partial charge on any atom is -0.0882 e. The van der Waals surface area contributed by atoms with E-state index in [9.17, 15) is 0 Å². The normalized spacial score (nSPS) is 19.9. The summed E-state index contributed by atoms with van der Waals surface area (Å²) in [5.74, 6) is 2.55. The van der Waals surface area contributed by atoms with Crippen LogP contribution in [0.2, 0.25) is 0 Å². The van der Waals surface area contributed by atoms with Crippen molar-refractivity contribution >= 4 is 0 Å². The van der Waals surface area contributed by atoms with Gasteiger partial charge in [-0.1, -0.05) is 26.0 Å². The van der Waals surface area contributed by atoms with Crippen molar-refractivity contribution in [2.24, 2.45) is 5.92 Å². The molecule has 0 aromatic heterocycles. The standard InChI is InChI=1S/C9H15/c1-3-8(2)9-6-4-5-7-9/h4-5,9H,3,6-7H2,1-2H3. The molecule has 0 saturated carbocycles. The average molecular weight is 123 g/mol. The monoisotopic (exact) mass is 123 g/mol. The van der Waals surface area contributed by atoms with Gasteiger partial charge in [0.15, 0.2) is 0 Å². The maximum atomic E-state index is 2.30. The third-order valence-electron chi connectivity index (χ3n) is 2.26. The van der Waals surface area contributed by atoms with Crippen molar-refractivity contribution in [1.82, 2.24) is 0 Å². The Labute approximate surface area is 58.0 Å². The van der Waals surface area contributed by atoms with Crippen LogP contribution >= 0.6 is 0 Å². The van der Waals surface area contributed by atoms with Crippen LogP contribution in [0.25, 0.3) is 0 Å². The van der Waals surface area contributed by atoms with Crippen LogP contribution < -0.4 is 0 Å². The van der Waals surface area contributed by atoms with Gasteiger partial charge in [0, 0.05) is 0 Å². The van der Waals surface area contributed by atoms with Crippen LogP contribution in [0.1, 0.15) is 33.1 Å². The Morgan fingerprint density at radius 2 is 2.00 bits per heavy atom. The highest BCUT2D eigenvalue weighted by Gasteiger charge is 2.15. The summed E-state index contributed by atoms with van der Waals surface area (Å²) >= 11 is 0. The lowest BCUT2D eigenvalue weighted by Crippen LogP contribution is -2.03. The molecule has 0 aromatic carbocycles. The lowest BCUT2D eigenvalue weighted by Gasteiger charge is -2.14. The fraction of sp³-hybridized carbons (Fsp3) is 0.667. The zero-order valence-corrected chi connectivity index (χ0v) is 6.35.